The van der Waals surface area contributed by atoms with Gasteiger partial charge in [0.15, 0.2) is 18.2 Å². The standard InChI is InChI=1S/C16H20BrFN2O3/c17-12-4-5-14(13(18)10-12)23-11-15(21)19-7-6-16(22)20-8-2-1-3-9-20/h4-5,10H,1-3,6-9,11H2,(H,19,21). The van der Waals surface area contributed by atoms with Gasteiger partial charge in [0.2, 0.25) is 5.91 Å². The number of amides is 2. The molecule has 0 saturated carbocycles. The van der Waals surface area contributed by atoms with Crippen LogP contribution in [0.4, 0.5) is 4.39 Å². The molecule has 1 aliphatic heterocycles. The van der Waals surface area contributed by atoms with Crippen LogP contribution >= 0.6 is 15.9 Å². The maximum Gasteiger partial charge on any atom is 0.257 e. The van der Waals surface area contributed by atoms with Gasteiger partial charge in [-0.1, -0.05) is 15.9 Å². The number of likely N-dealkylation sites (tertiary alicyclic amines) is 1. The van der Waals surface area contributed by atoms with Crippen LogP contribution in [0.2, 0.25) is 0 Å². The second kappa shape index (κ2) is 8.86. The molecule has 7 heteroatoms. The summed E-state index contributed by atoms with van der Waals surface area (Å²) in [7, 11) is 0. The molecule has 0 bridgehead atoms. The third kappa shape index (κ3) is 5.82. The number of ether oxygens (including phenoxy) is 1. The van der Waals surface area contributed by atoms with Crippen LogP contribution in [-0.2, 0) is 9.59 Å². The van der Waals surface area contributed by atoms with Crippen LogP contribution in [0, 0.1) is 5.82 Å². The van der Waals surface area contributed by atoms with Gasteiger partial charge in [-0.05, 0) is 37.5 Å². The second-order valence-electron chi connectivity index (χ2n) is 5.40. The zero-order chi connectivity index (χ0) is 16.7. The van der Waals surface area contributed by atoms with Crippen LogP contribution in [0.25, 0.3) is 0 Å². The fourth-order valence-corrected chi connectivity index (χ4v) is 2.73. The Morgan fingerprint density at radius 1 is 1.26 bits per heavy atom. The summed E-state index contributed by atoms with van der Waals surface area (Å²) in [6.07, 6.45) is 3.54. The highest BCUT2D eigenvalue weighted by molar-refractivity contribution is 9.10. The summed E-state index contributed by atoms with van der Waals surface area (Å²) < 4.78 is 19.3. The number of halogens is 2. The molecule has 0 aliphatic carbocycles. The van der Waals surface area contributed by atoms with E-state index < -0.39 is 5.82 Å². The van der Waals surface area contributed by atoms with Crippen molar-refractivity contribution >= 4 is 27.7 Å². The average Bonchev–Trinajstić information content (AvgIpc) is 2.54. The van der Waals surface area contributed by atoms with Crippen LogP contribution in [0.15, 0.2) is 22.7 Å². The minimum absolute atomic E-state index is 0.0211. The lowest BCUT2D eigenvalue weighted by atomic mass is 10.1. The van der Waals surface area contributed by atoms with Crippen molar-refractivity contribution in [2.45, 2.75) is 25.7 Å². The number of carbonyl (C=O) groups excluding carboxylic acids is 2. The number of carbonyl (C=O) groups is 2. The Morgan fingerprint density at radius 2 is 2.00 bits per heavy atom. The van der Waals surface area contributed by atoms with Crippen molar-refractivity contribution in [2.24, 2.45) is 0 Å². The zero-order valence-corrected chi connectivity index (χ0v) is 14.4. The van der Waals surface area contributed by atoms with Gasteiger partial charge in [-0.2, -0.15) is 0 Å². The summed E-state index contributed by atoms with van der Waals surface area (Å²) in [5.74, 6) is -0.830. The first kappa shape index (κ1) is 17.7. The summed E-state index contributed by atoms with van der Waals surface area (Å²) in [6.45, 7) is 1.59. The van der Waals surface area contributed by atoms with E-state index in [1.807, 2.05) is 4.90 Å². The molecule has 0 aromatic heterocycles. The van der Waals surface area contributed by atoms with Crippen LogP contribution in [0.3, 0.4) is 0 Å². The predicted octanol–water partition coefficient (Wildman–Crippen LogP) is 2.49. The zero-order valence-electron chi connectivity index (χ0n) is 12.8. The molecule has 1 saturated heterocycles. The van der Waals surface area contributed by atoms with E-state index >= 15 is 0 Å². The lowest BCUT2D eigenvalue weighted by Crippen LogP contribution is -2.38. The Morgan fingerprint density at radius 3 is 2.70 bits per heavy atom. The fourth-order valence-electron chi connectivity index (χ4n) is 2.40. The quantitative estimate of drug-likeness (QED) is 0.816. The van der Waals surface area contributed by atoms with Crippen molar-refractivity contribution in [2.75, 3.05) is 26.2 Å². The summed E-state index contributed by atoms with van der Waals surface area (Å²) in [5, 5.41) is 2.61. The van der Waals surface area contributed by atoms with Gasteiger partial charge in [-0.3, -0.25) is 9.59 Å². The number of rotatable bonds is 6. The SMILES string of the molecule is O=C(COc1ccc(Br)cc1F)NCCC(=O)N1CCCCC1. The molecule has 1 aromatic rings. The fraction of sp³-hybridized carbons (Fsp3) is 0.500. The van der Waals surface area contributed by atoms with Gasteiger partial charge < -0.3 is 15.0 Å². The van der Waals surface area contributed by atoms with E-state index in [1.54, 1.807) is 6.07 Å². The summed E-state index contributed by atoms with van der Waals surface area (Å²) >= 11 is 3.15. The van der Waals surface area contributed by atoms with Crippen LogP contribution in [-0.4, -0.2) is 43.0 Å². The van der Waals surface area contributed by atoms with Crippen LogP contribution in [0.1, 0.15) is 25.7 Å². The van der Waals surface area contributed by atoms with Crippen LogP contribution < -0.4 is 10.1 Å². The molecule has 0 atom stereocenters. The topological polar surface area (TPSA) is 58.6 Å². The van der Waals surface area contributed by atoms with Gasteiger partial charge in [-0.25, -0.2) is 4.39 Å². The lowest BCUT2D eigenvalue weighted by Gasteiger charge is -2.26. The number of benzene rings is 1. The number of hydrogen-bond acceptors (Lipinski definition) is 3. The Bertz CT molecular complexity index is 562. The maximum atomic E-state index is 13.5. The van der Waals surface area contributed by atoms with Crippen molar-refractivity contribution in [3.05, 3.63) is 28.5 Å². The first-order chi connectivity index (χ1) is 11.1. The van der Waals surface area contributed by atoms with Crippen molar-refractivity contribution < 1.29 is 18.7 Å². The highest BCUT2D eigenvalue weighted by Gasteiger charge is 2.16. The second-order valence-corrected chi connectivity index (χ2v) is 6.32. The molecule has 1 fully saturated rings. The summed E-state index contributed by atoms with van der Waals surface area (Å²) in [6, 6.07) is 4.35. The largest absolute Gasteiger partial charge is 0.481 e. The molecule has 5 nitrogen and oxygen atoms in total. The number of hydrogen-bond donors (Lipinski definition) is 1. The molecule has 0 unspecified atom stereocenters. The first-order valence-electron chi connectivity index (χ1n) is 7.68. The minimum Gasteiger partial charge on any atom is -0.481 e. The van der Waals surface area contributed by atoms with E-state index in [-0.39, 0.29) is 37.1 Å². The van der Waals surface area contributed by atoms with Gasteiger partial charge >= 0.3 is 0 Å². The molecule has 0 spiro atoms. The number of nitrogens with zero attached hydrogens (tertiary/aromatic N) is 1. The molecule has 1 N–H and O–H groups in total. The molecular formula is C16H20BrFN2O3. The normalized spacial score (nSPS) is 14.4. The molecule has 1 heterocycles. The molecule has 1 aliphatic rings. The third-order valence-electron chi connectivity index (χ3n) is 3.62. The number of piperidine rings is 1. The van der Waals surface area contributed by atoms with E-state index in [0.717, 1.165) is 25.9 Å². The lowest BCUT2D eigenvalue weighted by molar-refractivity contribution is -0.132. The van der Waals surface area contributed by atoms with E-state index in [1.165, 1.54) is 18.6 Å². The van der Waals surface area contributed by atoms with Crippen LogP contribution in [0.5, 0.6) is 5.75 Å². The van der Waals surface area contributed by atoms with Crippen molar-refractivity contribution in [1.29, 1.82) is 0 Å². The Hall–Kier alpha value is -1.63. The number of nitrogens with one attached hydrogen (secondary N) is 1. The molecule has 1 aromatic carbocycles. The van der Waals surface area contributed by atoms with E-state index in [9.17, 15) is 14.0 Å². The monoisotopic (exact) mass is 386 g/mol. The highest BCUT2D eigenvalue weighted by Crippen LogP contribution is 2.21. The van der Waals surface area contributed by atoms with Gasteiger partial charge in [0.25, 0.3) is 5.91 Å². The first-order valence-corrected chi connectivity index (χ1v) is 8.48. The molecule has 23 heavy (non-hydrogen) atoms. The summed E-state index contributed by atoms with van der Waals surface area (Å²) in [5.41, 5.74) is 0. The third-order valence-corrected chi connectivity index (χ3v) is 4.12. The van der Waals surface area contributed by atoms with E-state index in [0.29, 0.717) is 4.47 Å². The highest BCUT2D eigenvalue weighted by atomic mass is 79.9. The van der Waals surface area contributed by atoms with Gasteiger partial charge in [-0.15, -0.1) is 0 Å². The average molecular weight is 387 g/mol. The van der Waals surface area contributed by atoms with E-state index in [2.05, 4.69) is 21.2 Å². The molecule has 2 amide bonds. The van der Waals surface area contributed by atoms with Crippen molar-refractivity contribution in [1.82, 2.24) is 10.2 Å². The maximum absolute atomic E-state index is 13.5. The van der Waals surface area contributed by atoms with Crippen molar-refractivity contribution in [3.8, 4) is 5.75 Å². The van der Waals surface area contributed by atoms with Gasteiger partial charge in [0.1, 0.15) is 0 Å². The predicted molar refractivity (Wildman–Crippen MR) is 87.7 cm³/mol. The Labute approximate surface area is 143 Å². The van der Waals surface area contributed by atoms with E-state index in [4.69, 9.17) is 4.74 Å². The van der Waals surface area contributed by atoms with Crippen molar-refractivity contribution in [3.63, 3.8) is 0 Å². The smallest absolute Gasteiger partial charge is 0.257 e. The minimum atomic E-state index is -0.535. The summed E-state index contributed by atoms with van der Waals surface area (Å²) in [4.78, 5) is 25.4. The Kier molecular flexibility index (Phi) is 6.83. The molecular weight excluding hydrogens is 367 g/mol. The molecule has 0 radical (unpaired) electrons. The Balaban J connectivity index is 1.65. The molecule has 126 valence electrons. The van der Waals surface area contributed by atoms with Gasteiger partial charge in [0.05, 0.1) is 0 Å². The van der Waals surface area contributed by atoms with Gasteiger partial charge in [0, 0.05) is 30.5 Å². The molecule has 2 rings (SSSR count).